The number of hydrogen-bond donors (Lipinski definition) is 1. The Labute approximate surface area is 150 Å². The first-order valence-electron chi connectivity index (χ1n) is 8.01. The second kappa shape index (κ2) is 6.72. The Morgan fingerprint density at radius 1 is 0.923 bits per heavy atom. The maximum absolute atomic E-state index is 5.26. The molecule has 0 radical (unpaired) electrons. The minimum absolute atomic E-state index is 0.666. The van der Waals surface area contributed by atoms with Gasteiger partial charge in [-0.2, -0.15) is 0 Å². The van der Waals surface area contributed by atoms with Crippen molar-refractivity contribution in [2.24, 2.45) is 0 Å². The van der Waals surface area contributed by atoms with Gasteiger partial charge in [-0.05, 0) is 30.3 Å². The second-order valence-electron chi connectivity index (χ2n) is 5.58. The molecule has 0 spiro atoms. The maximum atomic E-state index is 5.26. The number of anilines is 2. The van der Waals surface area contributed by atoms with E-state index in [4.69, 9.17) is 9.47 Å². The Hall–Kier alpha value is -3.61. The minimum Gasteiger partial charge on any atom is -0.497 e. The predicted octanol–water partition coefficient (Wildman–Crippen LogP) is 3.55. The van der Waals surface area contributed by atoms with Crippen molar-refractivity contribution in [2.75, 3.05) is 19.5 Å². The summed E-state index contributed by atoms with van der Waals surface area (Å²) in [6.45, 7) is 0. The molecule has 0 fully saturated rings. The smallest absolute Gasteiger partial charge is 0.180 e. The molecule has 0 amide bonds. The van der Waals surface area contributed by atoms with Crippen molar-refractivity contribution >= 4 is 17.2 Å². The lowest BCUT2D eigenvalue weighted by Gasteiger charge is -2.11. The third kappa shape index (κ3) is 2.90. The maximum Gasteiger partial charge on any atom is 0.180 e. The van der Waals surface area contributed by atoms with Gasteiger partial charge in [-0.25, -0.2) is 9.97 Å². The van der Waals surface area contributed by atoms with Gasteiger partial charge in [0.1, 0.15) is 11.5 Å². The predicted molar refractivity (Wildman–Crippen MR) is 99.0 cm³/mol. The number of nitrogens with zero attached hydrogens (tertiary/aromatic N) is 4. The second-order valence-corrected chi connectivity index (χ2v) is 5.58. The Kier molecular flexibility index (Phi) is 4.10. The number of methoxy groups -OCH3 is 2. The molecule has 130 valence electrons. The first kappa shape index (κ1) is 15.9. The highest BCUT2D eigenvalue weighted by molar-refractivity contribution is 5.74. The summed E-state index contributed by atoms with van der Waals surface area (Å²) in [5.41, 5.74) is 3.40. The highest BCUT2D eigenvalue weighted by atomic mass is 16.5. The van der Waals surface area contributed by atoms with E-state index in [0.717, 1.165) is 28.3 Å². The standard InChI is InChI=1S/C19H17N5O2/c1-25-15-5-3-14(4-6-15)23-18-19-21-7-8-24(19)17(12-22-18)13-9-16(26-2)11-20-10-13/h3-12H,1-2H3,(H,22,23). The van der Waals surface area contributed by atoms with Gasteiger partial charge in [-0.3, -0.25) is 9.38 Å². The number of aromatic nitrogens is 4. The largest absolute Gasteiger partial charge is 0.497 e. The zero-order valence-corrected chi connectivity index (χ0v) is 14.4. The first-order chi connectivity index (χ1) is 12.8. The summed E-state index contributed by atoms with van der Waals surface area (Å²) in [4.78, 5) is 13.2. The van der Waals surface area contributed by atoms with Crippen molar-refractivity contribution in [2.45, 2.75) is 0 Å². The normalized spacial score (nSPS) is 10.7. The van der Waals surface area contributed by atoms with Crippen LogP contribution >= 0.6 is 0 Å². The third-order valence-electron chi connectivity index (χ3n) is 4.03. The third-order valence-corrected chi connectivity index (χ3v) is 4.03. The molecule has 1 aromatic carbocycles. The van der Waals surface area contributed by atoms with Gasteiger partial charge >= 0.3 is 0 Å². The van der Waals surface area contributed by atoms with Gasteiger partial charge in [0.25, 0.3) is 0 Å². The van der Waals surface area contributed by atoms with Gasteiger partial charge in [-0.15, -0.1) is 0 Å². The molecule has 3 heterocycles. The molecular formula is C19H17N5O2. The van der Waals surface area contributed by atoms with E-state index < -0.39 is 0 Å². The average Bonchev–Trinajstić information content (AvgIpc) is 3.19. The molecule has 7 heteroatoms. The fourth-order valence-electron chi connectivity index (χ4n) is 2.70. The number of pyridine rings is 1. The quantitative estimate of drug-likeness (QED) is 0.595. The van der Waals surface area contributed by atoms with Crippen molar-refractivity contribution in [3.05, 3.63) is 61.3 Å². The van der Waals surface area contributed by atoms with Crippen LogP contribution in [0.4, 0.5) is 11.5 Å². The summed E-state index contributed by atoms with van der Waals surface area (Å²) < 4.78 is 12.4. The molecule has 4 rings (SSSR count). The fourth-order valence-corrected chi connectivity index (χ4v) is 2.70. The Bertz CT molecular complexity index is 1040. The molecule has 0 unspecified atom stereocenters. The number of hydrogen-bond acceptors (Lipinski definition) is 6. The van der Waals surface area contributed by atoms with Gasteiger partial charge < -0.3 is 14.8 Å². The molecule has 7 nitrogen and oxygen atoms in total. The van der Waals surface area contributed by atoms with Crippen LogP contribution in [0.15, 0.2) is 61.3 Å². The Morgan fingerprint density at radius 3 is 2.50 bits per heavy atom. The summed E-state index contributed by atoms with van der Waals surface area (Å²) in [6, 6.07) is 9.56. The van der Waals surface area contributed by atoms with E-state index in [1.54, 1.807) is 39.0 Å². The lowest BCUT2D eigenvalue weighted by Crippen LogP contribution is -2.01. The monoisotopic (exact) mass is 347 g/mol. The summed E-state index contributed by atoms with van der Waals surface area (Å²) in [6.07, 6.45) is 8.87. The van der Waals surface area contributed by atoms with Gasteiger partial charge in [0.15, 0.2) is 11.5 Å². The SMILES string of the molecule is COc1ccc(Nc2ncc(-c3cncc(OC)c3)n3ccnc23)cc1. The number of ether oxygens (including phenoxy) is 2. The van der Waals surface area contributed by atoms with Crippen LogP contribution in [0.2, 0.25) is 0 Å². The summed E-state index contributed by atoms with van der Waals surface area (Å²) >= 11 is 0. The lowest BCUT2D eigenvalue weighted by atomic mass is 10.2. The number of nitrogens with one attached hydrogen (secondary N) is 1. The fraction of sp³-hybridized carbons (Fsp3) is 0.105. The van der Waals surface area contributed by atoms with Crippen LogP contribution in [0.1, 0.15) is 0 Å². The van der Waals surface area contributed by atoms with Crippen molar-refractivity contribution in [1.82, 2.24) is 19.4 Å². The van der Waals surface area contributed by atoms with E-state index >= 15 is 0 Å². The molecule has 0 bridgehead atoms. The van der Waals surface area contributed by atoms with E-state index in [1.807, 2.05) is 40.9 Å². The Balaban J connectivity index is 1.73. The molecule has 0 aliphatic carbocycles. The van der Waals surface area contributed by atoms with Crippen molar-refractivity contribution in [3.63, 3.8) is 0 Å². The summed E-state index contributed by atoms with van der Waals surface area (Å²) in [5.74, 6) is 2.16. The molecule has 26 heavy (non-hydrogen) atoms. The lowest BCUT2D eigenvalue weighted by molar-refractivity contribution is 0.413. The zero-order chi connectivity index (χ0) is 17.9. The molecule has 0 aliphatic heterocycles. The van der Waals surface area contributed by atoms with Crippen molar-refractivity contribution in [1.29, 1.82) is 0 Å². The van der Waals surface area contributed by atoms with Crippen LogP contribution in [0, 0.1) is 0 Å². The van der Waals surface area contributed by atoms with Gasteiger partial charge in [0.05, 0.1) is 32.3 Å². The van der Waals surface area contributed by atoms with Gasteiger partial charge in [0, 0.05) is 29.8 Å². The van der Waals surface area contributed by atoms with E-state index in [-0.39, 0.29) is 0 Å². The zero-order valence-electron chi connectivity index (χ0n) is 14.4. The van der Waals surface area contributed by atoms with Crippen LogP contribution in [-0.4, -0.2) is 33.6 Å². The highest BCUT2D eigenvalue weighted by Crippen LogP contribution is 2.27. The van der Waals surface area contributed by atoms with E-state index in [1.165, 1.54) is 0 Å². The molecule has 0 saturated heterocycles. The van der Waals surface area contributed by atoms with Crippen LogP contribution < -0.4 is 14.8 Å². The highest BCUT2D eigenvalue weighted by Gasteiger charge is 2.11. The molecule has 4 aromatic rings. The average molecular weight is 347 g/mol. The van der Waals surface area contributed by atoms with E-state index in [9.17, 15) is 0 Å². The summed E-state index contributed by atoms with van der Waals surface area (Å²) in [7, 11) is 3.26. The van der Waals surface area contributed by atoms with Crippen molar-refractivity contribution in [3.8, 4) is 22.8 Å². The number of benzene rings is 1. The topological polar surface area (TPSA) is 73.6 Å². The Morgan fingerprint density at radius 2 is 1.73 bits per heavy atom. The molecule has 0 saturated carbocycles. The van der Waals surface area contributed by atoms with Gasteiger partial charge in [-0.1, -0.05) is 0 Å². The van der Waals surface area contributed by atoms with Gasteiger partial charge in [0.2, 0.25) is 0 Å². The van der Waals surface area contributed by atoms with E-state index in [0.29, 0.717) is 11.6 Å². The molecule has 0 aliphatic rings. The number of rotatable bonds is 5. The molecule has 1 N–H and O–H groups in total. The van der Waals surface area contributed by atoms with E-state index in [2.05, 4.69) is 20.3 Å². The minimum atomic E-state index is 0.666. The number of imidazole rings is 1. The van der Waals surface area contributed by atoms with Crippen LogP contribution in [0.25, 0.3) is 16.9 Å². The van der Waals surface area contributed by atoms with Crippen LogP contribution in [-0.2, 0) is 0 Å². The van der Waals surface area contributed by atoms with Crippen molar-refractivity contribution < 1.29 is 9.47 Å². The van der Waals surface area contributed by atoms with Crippen LogP contribution in [0.5, 0.6) is 11.5 Å². The summed E-state index contributed by atoms with van der Waals surface area (Å²) in [5, 5.41) is 3.30. The first-order valence-corrected chi connectivity index (χ1v) is 8.01. The molecule has 3 aromatic heterocycles. The molecule has 0 atom stereocenters. The molecular weight excluding hydrogens is 330 g/mol. The number of fused-ring (bicyclic) bond motifs is 1. The van der Waals surface area contributed by atoms with Crippen LogP contribution in [0.3, 0.4) is 0 Å².